The van der Waals surface area contributed by atoms with Crippen molar-refractivity contribution in [3.05, 3.63) is 76.4 Å². The zero-order valence-corrected chi connectivity index (χ0v) is 16.2. The summed E-state index contributed by atoms with van der Waals surface area (Å²) in [5, 5.41) is 19.7. The van der Waals surface area contributed by atoms with E-state index in [0.29, 0.717) is 24.0 Å². The summed E-state index contributed by atoms with van der Waals surface area (Å²) in [5.74, 6) is -0.0740. The highest BCUT2D eigenvalue weighted by atomic mass is 16.7. The van der Waals surface area contributed by atoms with Gasteiger partial charge in [0.1, 0.15) is 11.5 Å². The Kier molecular flexibility index (Phi) is 5.85. The second-order valence-corrected chi connectivity index (χ2v) is 7.05. The number of rotatable bonds is 6. The van der Waals surface area contributed by atoms with Gasteiger partial charge in [0, 0.05) is 19.1 Å². The fraction of sp³-hybridized carbons (Fsp3) is 0.261. The Labute approximate surface area is 164 Å². The summed E-state index contributed by atoms with van der Waals surface area (Å²) in [7, 11) is 1.49. The lowest BCUT2D eigenvalue weighted by molar-refractivity contribution is -0.154. The van der Waals surface area contributed by atoms with E-state index in [2.05, 4.69) is 6.08 Å². The molecule has 0 radical (unpaired) electrons. The van der Waals surface area contributed by atoms with Crippen LogP contribution in [0.4, 0.5) is 0 Å². The molecule has 1 aliphatic rings. The topological polar surface area (TPSA) is 76.0 Å². The first-order valence-electron chi connectivity index (χ1n) is 9.09. The van der Waals surface area contributed by atoms with E-state index in [0.717, 1.165) is 16.7 Å². The second kappa shape index (κ2) is 8.31. The molecule has 5 nitrogen and oxygen atoms in total. The van der Waals surface area contributed by atoms with E-state index in [-0.39, 0.29) is 11.5 Å². The molecule has 0 amide bonds. The number of ether oxygens (including phenoxy) is 2. The van der Waals surface area contributed by atoms with Crippen LogP contribution in [-0.4, -0.2) is 29.6 Å². The lowest BCUT2D eigenvalue weighted by atomic mass is 9.94. The van der Waals surface area contributed by atoms with E-state index < -0.39 is 12.3 Å². The number of phenolic OH excluding ortho intramolecular Hbond substituents is 2. The van der Waals surface area contributed by atoms with Crippen LogP contribution in [-0.2, 0) is 27.1 Å². The maximum atomic E-state index is 12.5. The van der Waals surface area contributed by atoms with Crippen LogP contribution in [0.25, 0.3) is 5.57 Å². The molecule has 0 bridgehead atoms. The van der Waals surface area contributed by atoms with Gasteiger partial charge in [0.25, 0.3) is 0 Å². The second-order valence-electron chi connectivity index (χ2n) is 7.05. The Morgan fingerprint density at radius 2 is 1.86 bits per heavy atom. The molecule has 1 heterocycles. The van der Waals surface area contributed by atoms with Gasteiger partial charge in [-0.1, -0.05) is 35.9 Å². The van der Waals surface area contributed by atoms with Crippen LogP contribution in [0.1, 0.15) is 30.5 Å². The van der Waals surface area contributed by atoms with Crippen molar-refractivity contribution in [3.8, 4) is 11.5 Å². The molecular weight excluding hydrogens is 356 g/mol. The molecule has 28 heavy (non-hydrogen) atoms. The van der Waals surface area contributed by atoms with Gasteiger partial charge in [-0.25, -0.2) is 4.79 Å². The summed E-state index contributed by atoms with van der Waals surface area (Å²) in [6.45, 7) is 4.03. The van der Waals surface area contributed by atoms with Crippen LogP contribution in [0.5, 0.6) is 11.5 Å². The Morgan fingerprint density at radius 1 is 1.14 bits per heavy atom. The molecule has 2 aromatic rings. The van der Waals surface area contributed by atoms with Crippen molar-refractivity contribution in [2.45, 2.75) is 33.0 Å². The molecule has 0 fully saturated rings. The van der Waals surface area contributed by atoms with E-state index in [4.69, 9.17) is 9.47 Å². The normalized spacial score (nSPS) is 16.2. The fourth-order valence-electron chi connectivity index (χ4n) is 3.22. The Morgan fingerprint density at radius 3 is 2.50 bits per heavy atom. The molecule has 0 aliphatic carbocycles. The van der Waals surface area contributed by atoms with Gasteiger partial charge < -0.3 is 19.7 Å². The minimum Gasteiger partial charge on any atom is -0.508 e. The smallest absolute Gasteiger partial charge is 0.341 e. The van der Waals surface area contributed by atoms with E-state index in [1.807, 2.05) is 26.0 Å². The highest BCUT2D eigenvalue weighted by Gasteiger charge is 2.34. The molecule has 0 spiro atoms. The summed E-state index contributed by atoms with van der Waals surface area (Å²) in [5.41, 5.74) is 4.78. The number of allylic oxidation sites excluding steroid dienone is 2. The van der Waals surface area contributed by atoms with Crippen molar-refractivity contribution in [1.82, 2.24) is 0 Å². The van der Waals surface area contributed by atoms with Gasteiger partial charge in [0.05, 0.1) is 5.57 Å². The van der Waals surface area contributed by atoms with Gasteiger partial charge in [-0.3, -0.25) is 0 Å². The van der Waals surface area contributed by atoms with Gasteiger partial charge >= 0.3 is 5.97 Å². The third kappa shape index (κ3) is 4.26. The molecule has 1 aliphatic heterocycles. The number of esters is 1. The zero-order chi connectivity index (χ0) is 20.3. The van der Waals surface area contributed by atoms with Gasteiger partial charge in [-0.15, -0.1) is 0 Å². The van der Waals surface area contributed by atoms with Crippen LogP contribution in [0.2, 0.25) is 0 Å². The summed E-state index contributed by atoms with van der Waals surface area (Å²) >= 11 is 0. The van der Waals surface area contributed by atoms with Crippen molar-refractivity contribution in [2.24, 2.45) is 0 Å². The number of hydrogen-bond acceptors (Lipinski definition) is 5. The van der Waals surface area contributed by atoms with Crippen molar-refractivity contribution < 1.29 is 24.5 Å². The highest BCUT2D eigenvalue weighted by Crippen LogP contribution is 2.34. The maximum Gasteiger partial charge on any atom is 0.341 e. The van der Waals surface area contributed by atoms with E-state index in [1.165, 1.54) is 24.8 Å². The first-order chi connectivity index (χ1) is 13.4. The predicted octanol–water partition coefficient (Wildman–Crippen LogP) is 4.13. The van der Waals surface area contributed by atoms with Crippen LogP contribution < -0.4 is 0 Å². The summed E-state index contributed by atoms with van der Waals surface area (Å²) in [6, 6.07) is 11.9. The standard InChI is InChI=1S/C23H24O5/c1-14(2)4-6-17-12-15(5-11-20(17)25)13-19-21(22(26)28-23(19)27-3)16-7-9-18(24)10-8-16/h4-5,7-12,23-25H,6,13H2,1-3H3/t23-/m0/s1. The number of hydrogen-bond donors (Lipinski definition) is 2. The number of cyclic esters (lactones) is 1. The lowest BCUT2D eigenvalue weighted by Gasteiger charge is -2.13. The van der Waals surface area contributed by atoms with Crippen LogP contribution in [0.3, 0.4) is 0 Å². The van der Waals surface area contributed by atoms with E-state index >= 15 is 0 Å². The molecule has 0 aromatic heterocycles. The first kappa shape index (κ1) is 19.7. The number of aromatic hydroxyl groups is 2. The van der Waals surface area contributed by atoms with Gasteiger partial charge in [-0.2, -0.15) is 0 Å². The largest absolute Gasteiger partial charge is 0.508 e. The molecule has 3 rings (SSSR count). The summed E-state index contributed by atoms with van der Waals surface area (Å²) in [4.78, 5) is 12.5. The number of carbonyl (C=O) groups excluding carboxylic acids is 1. The van der Waals surface area contributed by atoms with Crippen molar-refractivity contribution in [1.29, 1.82) is 0 Å². The number of benzene rings is 2. The summed E-state index contributed by atoms with van der Waals surface area (Å²) in [6.07, 6.45) is 2.38. The van der Waals surface area contributed by atoms with Crippen LogP contribution in [0.15, 0.2) is 59.7 Å². The number of phenols is 2. The van der Waals surface area contributed by atoms with E-state index in [9.17, 15) is 15.0 Å². The van der Waals surface area contributed by atoms with E-state index in [1.54, 1.807) is 18.2 Å². The minimum atomic E-state index is -0.758. The third-order valence-corrected chi connectivity index (χ3v) is 4.66. The highest BCUT2D eigenvalue weighted by molar-refractivity contribution is 6.19. The van der Waals surface area contributed by atoms with Gasteiger partial charge in [-0.05, 0) is 55.2 Å². The molecule has 2 aromatic carbocycles. The van der Waals surface area contributed by atoms with Gasteiger partial charge in [0.15, 0.2) is 0 Å². The molecule has 5 heteroatoms. The Hall–Kier alpha value is -3.05. The molecule has 1 atom stereocenters. The summed E-state index contributed by atoms with van der Waals surface area (Å²) < 4.78 is 10.7. The fourth-order valence-corrected chi connectivity index (χ4v) is 3.22. The number of methoxy groups -OCH3 is 1. The molecule has 0 saturated heterocycles. The first-order valence-corrected chi connectivity index (χ1v) is 9.09. The average molecular weight is 380 g/mol. The lowest BCUT2D eigenvalue weighted by Crippen LogP contribution is -2.15. The quantitative estimate of drug-likeness (QED) is 0.582. The zero-order valence-electron chi connectivity index (χ0n) is 16.2. The van der Waals surface area contributed by atoms with Crippen molar-refractivity contribution in [2.75, 3.05) is 7.11 Å². The van der Waals surface area contributed by atoms with Gasteiger partial charge in [0.2, 0.25) is 6.29 Å². The minimum absolute atomic E-state index is 0.128. The molecule has 0 unspecified atom stereocenters. The molecule has 146 valence electrons. The molecule has 0 saturated carbocycles. The third-order valence-electron chi connectivity index (χ3n) is 4.66. The predicted molar refractivity (Wildman–Crippen MR) is 107 cm³/mol. The maximum absolute atomic E-state index is 12.5. The molecular formula is C23H24O5. The monoisotopic (exact) mass is 380 g/mol. The van der Waals surface area contributed by atoms with Crippen LogP contribution >= 0.6 is 0 Å². The number of carbonyl (C=O) groups is 1. The van der Waals surface area contributed by atoms with Crippen molar-refractivity contribution in [3.63, 3.8) is 0 Å². The molecule has 2 N–H and O–H groups in total. The Bertz CT molecular complexity index is 934. The van der Waals surface area contributed by atoms with Crippen LogP contribution in [0, 0.1) is 0 Å². The van der Waals surface area contributed by atoms with Crippen molar-refractivity contribution >= 4 is 11.5 Å². The SMILES string of the molecule is CO[C@H]1OC(=O)C(c2ccc(O)cc2)=C1Cc1ccc(O)c(CC=C(C)C)c1. The average Bonchev–Trinajstić information content (AvgIpc) is 2.98. The Balaban J connectivity index is 1.99.